The predicted octanol–water partition coefficient (Wildman–Crippen LogP) is 3.32. The summed E-state index contributed by atoms with van der Waals surface area (Å²) in [6.07, 6.45) is -3.36. The maximum Gasteiger partial charge on any atom is 0.573 e. The van der Waals surface area contributed by atoms with Gasteiger partial charge in [-0.3, -0.25) is 9.69 Å². The van der Waals surface area contributed by atoms with Crippen LogP contribution >= 0.6 is 0 Å². The lowest BCUT2D eigenvalue weighted by Gasteiger charge is -2.35. The minimum atomic E-state index is -4.70. The molecule has 0 aromatic heterocycles. The average Bonchev–Trinajstić information content (AvgIpc) is 2.54. The second-order valence-electron chi connectivity index (χ2n) is 6.77. The minimum absolute atomic E-state index is 0.00741. The van der Waals surface area contributed by atoms with Crippen LogP contribution in [0.25, 0.3) is 0 Å². The maximum atomic E-state index is 12.4. The van der Waals surface area contributed by atoms with Crippen molar-refractivity contribution in [3.63, 3.8) is 0 Å². The number of carbonyl (C=O) groups is 1. The van der Waals surface area contributed by atoms with Crippen LogP contribution in [0.4, 0.5) is 13.2 Å². The van der Waals surface area contributed by atoms with Crippen molar-refractivity contribution in [3.8, 4) is 5.75 Å². The standard InChI is InChI=1S/C18H25F3N2O2/c1-14(2)7-8-22-9-11-23(12-10-22)17(24)13-15-3-5-16(6-4-15)25-18(19,20)21/h3-6,14H,7-13H2,1-2H3. The van der Waals surface area contributed by atoms with E-state index in [-0.39, 0.29) is 18.1 Å². The van der Waals surface area contributed by atoms with Crippen molar-refractivity contribution in [2.24, 2.45) is 5.92 Å². The molecule has 7 heteroatoms. The summed E-state index contributed by atoms with van der Waals surface area (Å²) in [7, 11) is 0. The highest BCUT2D eigenvalue weighted by molar-refractivity contribution is 5.78. The summed E-state index contributed by atoms with van der Waals surface area (Å²) < 4.78 is 40.2. The van der Waals surface area contributed by atoms with Crippen molar-refractivity contribution in [1.82, 2.24) is 9.80 Å². The summed E-state index contributed by atoms with van der Waals surface area (Å²) in [6.45, 7) is 8.60. The number of carbonyl (C=O) groups excluding carboxylic acids is 1. The van der Waals surface area contributed by atoms with Gasteiger partial charge in [0.15, 0.2) is 0 Å². The lowest BCUT2D eigenvalue weighted by Crippen LogP contribution is -2.49. The fourth-order valence-electron chi connectivity index (χ4n) is 2.76. The van der Waals surface area contributed by atoms with E-state index in [0.29, 0.717) is 24.6 Å². The monoisotopic (exact) mass is 358 g/mol. The number of hydrogen-bond donors (Lipinski definition) is 0. The van der Waals surface area contributed by atoms with Gasteiger partial charge in [0.25, 0.3) is 0 Å². The molecule has 1 amide bonds. The molecule has 0 bridgehead atoms. The molecule has 0 radical (unpaired) electrons. The van der Waals surface area contributed by atoms with E-state index in [9.17, 15) is 18.0 Å². The first-order chi connectivity index (χ1) is 11.7. The SMILES string of the molecule is CC(C)CCN1CCN(C(=O)Cc2ccc(OC(F)(F)F)cc2)CC1. The van der Waals surface area contributed by atoms with Crippen LogP contribution in [0, 0.1) is 5.92 Å². The van der Waals surface area contributed by atoms with Gasteiger partial charge in [-0.2, -0.15) is 0 Å². The molecule has 1 aliphatic rings. The second-order valence-corrected chi connectivity index (χ2v) is 6.77. The Kier molecular flexibility index (Phi) is 6.70. The first-order valence-electron chi connectivity index (χ1n) is 8.58. The van der Waals surface area contributed by atoms with Crippen LogP contribution < -0.4 is 4.74 Å². The van der Waals surface area contributed by atoms with Crippen molar-refractivity contribution < 1.29 is 22.7 Å². The van der Waals surface area contributed by atoms with Crippen molar-refractivity contribution in [2.45, 2.75) is 33.1 Å². The van der Waals surface area contributed by atoms with E-state index in [1.807, 2.05) is 4.90 Å². The van der Waals surface area contributed by atoms with Gasteiger partial charge in [-0.25, -0.2) is 0 Å². The molecule has 0 atom stereocenters. The van der Waals surface area contributed by atoms with Gasteiger partial charge < -0.3 is 9.64 Å². The van der Waals surface area contributed by atoms with Gasteiger partial charge in [0, 0.05) is 26.2 Å². The molecule has 0 spiro atoms. The molecule has 140 valence electrons. The van der Waals surface area contributed by atoms with Gasteiger partial charge in [0.2, 0.25) is 5.91 Å². The smallest absolute Gasteiger partial charge is 0.406 e. The van der Waals surface area contributed by atoms with Crippen LogP contribution in [0.2, 0.25) is 0 Å². The molecule has 1 fully saturated rings. The topological polar surface area (TPSA) is 32.8 Å². The predicted molar refractivity (Wildman–Crippen MR) is 89.3 cm³/mol. The summed E-state index contributed by atoms with van der Waals surface area (Å²) in [6, 6.07) is 5.47. The van der Waals surface area contributed by atoms with E-state index in [4.69, 9.17) is 0 Å². The van der Waals surface area contributed by atoms with Gasteiger partial charge in [-0.05, 0) is 36.6 Å². The van der Waals surface area contributed by atoms with Gasteiger partial charge in [0.1, 0.15) is 5.75 Å². The van der Waals surface area contributed by atoms with E-state index in [0.717, 1.165) is 26.1 Å². The molecule has 2 rings (SSSR count). The van der Waals surface area contributed by atoms with Crippen LogP contribution in [0.3, 0.4) is 0 Å². The van der Waals surface area contributed by atoms with Gasteiger partial charge in [-0.15, -0.1) is 13.2 Å². The van der Waals surface area contributed by atoms with Gasteiger partial charge >= 0.3 is 6.36 Å². The molecule has 1 aromatic carbocycles. The number of hydrogen-bond acceptors (Lipinski definition) is 3. The third-order valence-corrected chi connectivity index (χ3v) is 4.26. The van der Waals surface area contributed by atoms with Crippen molar-refractivity contribution in [1.29, 1.82) is 0 Å². The highest BCUT2D eigenvalue weighted by Crippen LogP contribution is 2.23. The number of ether oxygens (including phenoxy) is 1. The number of amides is 1. The molecule has 1 aromatic rings. The summed E-state index contributed by atoms with van der Waals surface area (Å²) in [5, 5.41) is 0. The number of benzene rings is 1. The number of alkyl halides is 3. The van der Waals surface area contributed by atoms with Crippen LogP contribution in [-0.4, -0.2) is 54.8 Å². The van der Waals surface area contributed by atoms with E-state index >= 15 is 0 Å². The zero-order chi connectivity index (χ0) is 18.4. The zero-order valence-corrected chi connectivity index (χ0v) is 14.7. The molecule has 1 aliphatic heterocycles. The third-order valence-electron chi connectivity index (χ3n) is 4.26. The molecule has 25 heavy (non-hydrogen) atoms. The summed E-state index contributed by atoms with van der Waals surface area (Å²) in [5.74, 6) is 0.402. The van der Waals surface area contributed by atoms with E-state index < -0.39 is 6.36 Å². The van der Waals surface area contributed by atoms with Crippen molar-refractivity contribution in [3.05, 3.63) is 29.8 Å². The number of piperazine rings is 1. The van der Waals surface area contributed by atoms with Crippen molar-refractivity contribution >= 4 is 5.91 Å². The Balaban J connectivity index is 1.79. The highest BCUT2D eigenvalue weighted by atomic mass is 19.4. The molecular formula is C18H25F3N2O2. The third kappa shape index (κ3) is 6.94. The summed E-state index contributed by atoms with van der Waals surface area (Å²) in [4.78, 5) is 16.5. The largest absolute Gasteiger partial charge is 0.573 e. The molecule has 0 aliphatic carbocycles. The van der Waals surface area contributed by atoms with Gasteiger partial charge in [-0.1, -0.05) is 26.0 Å². The molecule has 0 saturated carbocycles. The molecule has 1 heterocycles. The second kappa shape index (κ2) is 8.56. The van der Waals surface area contributed by atoms with Crippen LogP contribution in [-0.2, 0) is 11.2 Å². The first kappa shape index (κ1) is 19.6. The fraction of sp³-hybridized carbons (Fsp3) is 0.611. The Morgan fingerprint density at radius 3 is 2.24 bits per heavy atom. The normalized spacial score (nSPS) is 16.3. The van der Waals surface area contributed by atoms with E-state index in [1.54, 1.807) is 0 Å². The highest BCUT2D eigenvalue weighted by Gasteiger charge is 2.31. The van der Waals surface area contributed by atoms with E-state index in [1.165, 1.54) is 24.3 Å². The maximum absolute atomic E-state index is 12.4. The molecule has 4 nitrogen and oxygen atoms in total. The number of halogens is 3. The molecule has 0 N–H and O–H groups in total. The summed E-state index contributed by atoms with van der Waals surface area (Å²) in [5.41, 5.74) is 0.682. The molecule has 0 unspecified atom stereocenters. The Bertz CT molecular complexity index is 550. The minimum Gasteiger partial charge on any atom is -0.406 e. The molecular weight excluding hydrogens is 333 g/mol. The van der Waals surface area contributed by atoms with Gasteiger partial charge in [0.05, 0.1) is 6.42 Å². The lowest BCUT2D eigenvalue weighted by atomic mass is 10.1. The van der Waals surface area contributed by atoms with Crippen LogP contribution in [0.5, 0.6) is 5.75 Å². The zero-order valence-electron chi connectivity index (χ0n) is 14.7. The number of rotatable bonds is 6. The van der Waals surface area contributed by atoms with Crippen molar-refractivity contribution in [2.75, 3.05) is 32.7 Å². The quantitative estimate of drug-likeness (QED) is 0.782. The Morgan fingerprint density at radius 1 is 1.12 bits per heavy atom. The lowest BCUT2D eigenvalue weighted by molar-refractivity contribution is -0.274. The molecule has 1 saturated heterocycles. The Hall–Kier alpha value is -1.76. The first-order valence-corrected chi connectivity index (χ1v) is 8.58. The van der Waals surface area contributed by atoms with Crippen LogP contribution in [0.1, 0.15) is 25.8 Å². The van der Waals surface area contributed by atoms with E-state index in [2.05, 4.69) is 23.5 Å². The Morgan fingerprint density at radius 2 is 1.72 bits per heavy atom. The van der Waals surface area contributed by atoms with Crippen LogP contribution in [0.15, 0.2) is 24.3 Å². The average molecular weight is 358 g/mol. The fourth-order valence-corrected chi connectivity index (χ4v) is 2.76. The number of nitrogens with zero attached hydrogens (tertiary/aromatic N) is 2. The summed E-state index contributed by atoms with van der Waals surface area (Å²) >= 11 is 0. The Labute approximate surface area is 146 Å².